The van der Waals surface area contributed by atoms with Crippen LogP contribution in [0.4, 0.5) is 0 Å². The molecule has 0 aromatic heterocycles. The molecule has 1 aliphatic heterocycles. The number of carbonyl (C=O) groups excluding carboxylic acids is 2. The van der Waals surface area contributed by atoms with Gasteiger partial charge in [0, 0.05) is 6.08 Å². The van der Waals surface area contributed by atoms with Gasteiger partial charge in [-0.2, -0.15) is 0 Å². The zero-order valence-corrected chi connectivity index (χ0v) is 11.6. The molecule has 1 rings (SSSR count). The van der Waals surface area contributed by atoms with Crippen molar-refractivity contribution >= 4 is 11.9 Å². The summed E-state index contributed by atoms with van der Waals surface area (Å²) in [6.07, 6.45) is -2.46. The van der Waals surface area contributed by atoms with E-state index in [2.05, 4.69) is 4.74 Å². The Hall–Kier alpha value is -0.480. The number of carboxylic acid groups (broad SMARTS) is 1. The summed E-state index contributed by atoms with van der Waals surface area (Å²) in [6.45, 7) is -0.296. The van der Waals surface area contributed by atoms with Crippen molar-refractivity contribution in [3.63, 3.8) is 0 Å². The molecule has 96 valence electrons. The second-order valence-electron chi connectivity index (χ2n) is 3.15. The van der Waals surface area contributed by atoms with Crippen molar-refractivity contribution in [1.29, 1.82) is 0 Å². The first-order valence-corrected chi connectivity index (χ1v) is 4.68. The molecule has 18 heavy (non-hydrogen) atoms. The van der Waals surface area contributed by atoms with E-state index in [0.29, 0.717) is 12.2 Å². The van der Waals surface area contributed by atoms with Gasteiger partial charge in [-0.3, -0.25) is 0 Å². The minimum absolute atomic E-state index is 0. The van der Waals surface area contributed by atoms with Crippen LogP contribution in [0.3, 0.4) is 0 Å². The minimum atomic E-state index is -1.52. The molecule has 0 aromatic rings. The van der Waals surface area contributed by atoms with Gasteiger partial charge in [-0.25, -0.2) is 4.79 Å². The van der Waals surface area contributed by atoms with E-state index >= 15 is 0 Å². The molecule has 0 aliphatic carbocycles. The van der Waals surface area contributed by atoms with Crippen LogP contribution in [0.1, 0.15) is 0 Å². The fraction of sp³-hybridized carbons (Fsp3) is 0.556. The summed E-state index contributed by atoms with van der Waals surface area (Å²) in [5.74, 6) is -2.41. The van der Waals surface area contributed by atoms with Crippen molar-refractivity contribution in [2.45, 2.75) is 18.7 Å². The summed E-state index contributed by atoms with van der Waals surface area (Å²) in [5, 5.41) is 28.0. The first-order chi connectivity index (χ1) is 7.99. The third kappa shape index (κ3) is 6.45. The third-order valence-corrected chi connectivity index (χ3v) is 1.80. The van der Waals surface area contributed by atoms with Gasteiger partial charge in [-0.1, -0.05) is 0 Å². The van der Waals surface area contributed by atoms with E-state index in [1.807, 2.05) is 0 Å². The molecule has 3 atom stereocenters. The number of aliphatic hydroxyl groups is 2. The van der Waals surface area contributed by atoms with Crippen LogP contribution in [0, 0.1) is 0 Å². The van der Waals surface area contributed by atoms with Crippen molar-refractivity contribution in [2.24, 2.45) is 0 Å². The molecule has 0 bridgehead atoms. The smallest absolute Gasteiger partial charge is 0.545 e. The Morgan fingerprint density at radius 1 is 1.33 bits per heavy atom. The Bertz CT molecular complexity index is 318. The number of rotatable bonds is 4. The van der Waals surface area contributed by atoms with Gasteiger partial charge in [0.1, 0.15) is 12.7 Å². The molecule has 2 N–H and O–H groups in total. The zero-order chi connectivity index (χ0) is 12.8. The minimum Gasteiger partial charge on any atom is -0.545 e. The van der Waals surface area contributed by atoms with Crippen LogP contribution in [-0.4, -0.2) is 54.0 Å². The number of hydrogen-bond acceptors (Lipinski definition) is 8. The molecule has 1 heterocycles. The Morgan fingerprint density at radius 2 is 2.00 bits per heavy atom. The van der Waals surface area contributed by atoms with Gasteiger partial charge in [0.25, 0.3) is 0 Å². The molecule has 3 unspecified atom stereocenters. The largest absolute Gasteiger partial charge is 1.00 e. The monoisotopic (exact) mass is 270 g/mol. The van der Waals surface area contributed by atoms with Gasteiger partial charge in [0.2, 0.25) is 12.6 Å². The van der Waals surface area contributed by atoms with E-state index in [4.69, 9.17) is 19.7 Å². The fourth-order valence-corrected chi connectivity index (χ4v) is 1.04. The molecule has 1 aliphatic rings. The number of ether oxygens (including phenoxy) is 3. The van der Waals surface area contributed by atoms with Crippen molar-refractivity contribution < 1.29 is 68.7 Å². The first-order valence-electron chi connectivity index (χ1n) is 4.68. The quantitative estimate of drug-likeness (QED) is 0.294. The van der Waals surface area contributed by atoms with E-state index < -0.39 is 30.6 Å². The van der Waals surface area contributed by atoms with Crippen LogP contribution in [0.5, 0.6) is 0 Å². The number of aliphatic carboxylic acids is 1. The van der Waals surface area contributed by atoms with E-state index in [1.54, 1.807) is 0 Å². The molecule has 0 amide bonds. The van der Waals surface area contributed by atoms with E-state index in [0.717, 1.165) is 0 Å². The molecule has 9 heteroatoms. The van der Waals surface area contributed by atoms with E-state index in [9.17, 15) is 14.7 Å². The normalized spacial score (nSPS) is 27.6. The van der Waals surface area contributed by atoms with E-state index in [1.165, 1.54) is 0 Å². The SMILES string of the molecule is O=C([O-])/C=C\C(=O)OCC1COC(O)C(O)O1.[Na+]. The second-order valence-corrected chi connectivity index (χ2v) is 3.15. The Balaban J connectivity index is 0.00000289. The summed E-state index contributed by atoms with van der Waals surface area (Å²) in [7, 11) is 0. The predicted octanol–water partition coefficient (Wildman–Crippen LogP) is -6.11. The molecular formula is C9H11NaO8. The molecule has 1 fully saturated rings. The Kier molecular flexibility index (Phi) is 8.36. The topological polar surface area (TPSA) is 125 Å². The fourth-order valence-electron chi connectivity index (χ4n) is 1.04. The molecular weight excluding hydrogens is 259 g/mol. The maximum Gasteiger partial charge on any atom is 1.00 e. The number of carbonyl (C=O) groups is 2. The van der Waals surface area contributed by atoms with Gasteiger partial charge >= 0.3 is 35.5 Å². The summed E-state index contributed by atoms with van der Waals surface area (Å²) in [4.78, 5) is 20.9. The molecule has 0 saturated carbocycles. The van der Waals surface area contributed by atoms with Crippen molar-refractivity contribution in [3.8, 4) is 0 Å². The van der Waals surface area contributed by atoms with Gasteiger partial charge in [0.15, 0.2) is 0 Å². The van der Waals surface area contributed by atoms with Crippen LogP contribution in [0.15, 0.2) is 12.2 Å². The standard InChI is InChI=1S/C9H12O8.Na/c10-6(11)1-2-7(12)15-3-5-4-16-8(13)9(14)17-5;/h1-2,5,8-9,13-14H,3-4H2,(H,10,11);/q;+1/p-1/b2-1-;. The summed E-state index contributed by atoms with van der Waals surface area (Å²) >= 11 is 0. The summed E-state index contributed by atoms with van der Waals surface area (Å²) in [6, 6.07) is 0. The number of aliphatic hydroxyl groups excluding tert-OH is 2. The van der Waals surface area contributed by atoms with Gasteiger partial charge in [-0.15, -0.1) is 0 Å². The molecule has 8 nitrogen and oxygen atoms in total. The van der Waals surface area contributed by atoms with Crippen LogP contribution < -0.4 is 34.7 Å². The molecule has 1 saturated heterocycles. The first kappa shape index (κ1) is 17.5. The van der Waals surface area contributed by atoms with E-state index in [-0.39, 0.29) is 42.8 Å². The number of hydrogen-bond donors (Lipinski definition) is 2. The third-order valence-electron chi connectivity index (χ3n) is 1.80. The number of esters is 1. The Labute approximate surface area is 124 Å². The Morgan fingerprint density at radius 3 is 2.56 bits per heavy atom. The zero-order valence-electron chi connectivity index (χ0n) is 9.64. The van der Waals surface area contributed by atoms with Crippen LogP contribution in [-0.2, 0) is 23.8 Å². The summed E-state index contributed by atoms with van der Waals surface area (Å²) in [5.41, 5.74) is 0. The number of carboxylic acids is 1. The van der Waals surface area contributed by atoms with Gasteiger partial charge < -0.3 is 34.3 Å². The average molecular weight is 270 g/mol. The summed E-state index contributed by atoms with van der Waals surface area (Å²) < 4.78 is 14.1. The maximum atomic E-state index is 10.9. The van der Waals surface area contributed by atoms with Crippen LogP contribution >= 0.6 is 0 Å². The molecule has 0 aromatic carbocycles. The van der Waals surface area contributed by atoms with Crippen LogP contribution in [0.25, 0.3) is 0 Å². The van der Waals surface area contributed by atoms with Crippen molar-refractivity contribution in [3.05, 3.63) is 12.2 Å². The average Bonchev–Trinajstić information content (AvgIpc) is 2.28. The predicted molar refractivity (Wildman–Crippen MR) is 47.9 cm³/mol. The second kappa shape index (κ2) is 8.59. The van der Waals surface area contributed by atoms with Crippen LogP contribution in [0.2, 0.25) is 0 Å². The van der Waals surface area contributed by atoms with Crippen molar-refractivity contribution in [1.82, 2.24) is 0 Å². The van der Waals surface area contributed by atoms with Gasteiger partial charge in [0.05, 0.1) is 12.6 Å². The maximum absolute atomic E-state index is 10.9. The van der Waals surface area contributed by atoms with Crippen molar-refractivity contribution in [2.75, 3.05) is 13.2 Å². The van der Waals surface area contributed by atoms with Gasteiger partial charge in [-0.05, 0) is 6.08 Å². The molecule has 0 spiro atoms. The molecule has 0 radical (unpaired) electrons.